The normalized spacial score (nSPS) is 10.9. The zero-order valence-corrected chi connectivity index (χ0v) is 11.3. The first kappa shape index (κ1) is 13.2. The molecule has 3 N–H and O–H groups in total. The lowest BCUT2D eigenvalue weighted by atomic mass is 10.2. The maximum Gasteiger partial charge on any atom is 0.270 e. The molecule has 1 heterocycles. The van der Waals surface area contributed by atoms with E-state index in [0.717, 1.165) is 10.9 Å². The number of nitrogens with one attached hydrogen (secondary N) is 1. The number of nitrogens with two attached hydrogens (primary N) is 1. The molecule has 0 bridgehead atoms. The Morgan fingerprint density at radius 2 is 2.21 bits per heavy atom. The monoisotopic (exact) mass is 257 g/mol. The second kappa shape index (κ2) is 5.18. The largest absolute Gasteiger partial charge is 0.399 e. The van der Waals surface area contributed by atoms with Gasteiger partial charge in [0.2, 0.25) is 0 Å². The van der Waals surface area contributed by atoms with Crippen LogP contribution in [0.5, 0.6) is 0 Å². The summed E-state index contributed by atoms with van der Waals surface area (Å²) in [7, 11) is 0. The van der Waals surface area contributed by atoms with Crippen molar-refractivity contribution < 1.29 is 4.79 Å². The molecule has 100 valence electrons. The summed E-state index contributed by atoms with van der Waals surface area (Å²) in [6.45, 7) is 8.20. The third kappa shape index (κ3) is 2.62. The first-order valence-electron chi connectivity index (χ1n) is 6.33. The molecular weight excluding hydrogens is 238 g/mol. The smallest absolute Gasteiger partial charge is 0.270 e. The Hall–Kier alpha value is -2.23. The van der Waals surface area contributed by atoms with Gasteiger partial charge in [-0.3, -0.25) is 4.79 Å². The summed E-state index contributed by atoms with van der Waals surface area (Å²) in [6, 6.07) is 7.52. The minimum absolute atomic E-state index is 0.0235. The molecule has 0 saturated carbocycles. The van der Waals surface area contributed by atoms with Gasteiger partial charge in [0.25, 0.3) is 5.91 Å². The Kier molecular flexibility index (Phi) is 3.60. The van der Waals surface area contributed by atoms with E-state index >= 15 is 0 Å². The Labute approximate surface area is 112 Å². The highest BCUT2D eigenvalue weighted by atomic mass is 16.2. The second-order valence-corrected chi connectivity index (χ2v) is 4.87. The summed E-state index contributed by atoms with van der Waals surface area (Å²) >= 11 is 0. The summed E-state index contributed by atoms with van der Waals surface area (Å²) in [6.07, 6.45) is 1.73. The number of fused-ring (bicyclic) bond motifs is 1. The number of aromatic nitrogens is 1. The minimum Gasteiger partial charge on any atom is -0.399 e. The molecule has 2 aromatic rings. The van der Waals surface area contributed by atoms with Gasteiger partial charge in [-0.2, -0.15) is 0 Å². The molecule has 0 aliphatic rings. The molecule has 0 aliphatic carbocycles. The van der Waals surface area contributed by atoms with E-state index in [4.69, 9.17) is 5.73 Å². The van der Waals surface area contributed by atoms with Gasteiger partial charge in [0, 0.05) is 29.2 Å². The first-order chi connectivity index (χ1) is 9.02. The number of hydrogen-bond acceptors (Lipinski definition) is 2. The van der Waals surface area contributed by atoms with Crippen molar-refractivity contribution in [2.24, 2.45) is 0 Å². The predicted molar refractivity (Wildman–Crippen MR) is 79.1 cm³/mol. The van der Waals surface area contributed by atoms with E-state index in [9.17, 15) is 4.79 Å². The number of carbonyl (C=O) groups excluding carboxylic acids is 1. The highest BCUT2D eigenvalue weighted by Gasteiger charge is 2.19. The number of rotatable bonds is 4. The van der Waals surface area contributed by atoms with Crippen LogP contribution >= 0.6 is 0 Å². The number of anilines is 1. The van der Waals surface area contributed by atoms with Gasteiger partial charge < -0.3 is 15.6 Å². The van der Waals surface area contributed by atoms with Gasteiger partial charge in [0.15, 0.2) is 0 Å². The molecule has 2 rings (SSSR count). The average molecular weight is 257 g/mol. The van der Waals surface area contributed by atoms with Crippen molar-refractivity contribution in [2.75, 3.05) is 12.3 Å². The van der Waals surface area contributed by atoms with Crippen molar-refractivity contribution in [3.63, 3.8) is 0 Å². The maximum absolute atomic E-state index is 12.4. The molecule has 0 aliphatic heterocycles. The average Bonchev–Trinajstić information content (AvgIpc) is 2.77. The molecule has 0 radical (unpaired) electrons. The van der Waals surface area contributed by atoms with Crippen LogP contribution in [-0.2, 0) is 0 Å². The number of aromatic amines is 1. The highest BCUT2D eigenvalue weighted by molar-refractivity contribution is 5.98. The van der Waals surface area contributed by atoms with E-state index in [1.807, 2.05) is 38.1 Å². The Morgan fingerprint density at radius 1 is 1.47 bits per heavy atom. The quantitative estimate of drug-likeness (QED) is 0.653. The van der Waals surface area contributed by atoms with Gasteiger partial charge >= 0.3 is 0 Å². The Balaban J connectivity index is 2.37. The summed E-state index contributed by atoms with van der Waals surface area (Å²) < 4.78 is 0. The lowest BCUT2D eigenvalue weighted by molar-refractivity contribution is 0.0724. The van der Waals surface area contributed by atoms with Gasteiger partial charge in [-0.1, -0.05) is 6.08 Å². The number of nitrogens with zero attached hydrogens (tertiary/aromatic N) is 1. The number of nitrogen functional groups attached to an aromatic ring is 1. The molecule has 1 aromatic carbocycles. The van der Waals surface area contributed by atoms with Crippen molar-refractivity contribution in [2.45, 2.75) is 19.9 Å². The van der Waals surface area contributed by atoms with Crippen LogP contribution in [0.25, 0.3) is 10.9 Å². The summed E-state index contributed by atoms with van der Waals surface area (Å²) in [5.74, 6) is -0.0235. The molecule has 4 heteroatoms. The van der Waals surface area contributed by atoms with Crippen molar-refractivity contribution in [1.29, 1.82) is 0 Å². The van der Waals surface area contributed by atoms with Gasteiger partial charge in [0.1, 0.15) is 5.69 Å². The molecule has 0 fully saturated rings. The van der Waals surface area contributed by atoms with Crippen LogP contribution in [0.3, 0.4) is 0 Å². The van der Waals surface area contributed by atoms with Gasteiger partial charge in [-0.25, -0.2) is 0 Å². The molecular formula is C15H19N3O. The topological polar surface area (TPSA) is 62.1 Å². The molecule has 1 amide bonds. The number of carbonyl (C=O) groups is 1. The fourth-order valence-corrected chi connectivity index (χ4v) is 2.09. The van der Waals surface area contributed by atoms with Crippen molar-refractivity contribution in [1.82, 2.24) is 9.88 Å². The van der Waals surface area contributed by atoms with Gasteiger partial charge in [-0.15, -0.1) is 6.58 Å². The SMILES string of the molecule is C=CCN(C(=O)c1cc2cc(N)ccc2[nH]1)C(C)C. The Bertz CT molecular complexity index is 613. The van der Waals surface area contributed by atoms with E-state index in [1.54, 1.807) is 11.0 Å². The van der Waals surface area contributed by atoms with E-state index in [-0.39, 0.29) is 11.9 Å². The van der Waals surface area contributed by atoms with E-state index in [2.05, 4.69) is 11.6 Å². The standard InChI is InChI=1S/C15H19N3O/c1-4-7-18(10(2)3)15(19)14-9-11-8-12(16)5-6-13(11)17-14/h4-6,8-10,17H,1,7,16H2,2-3H3. The first-order valence-corrected chi connectivity index (χ1v) is 6.33. The predicted octanol–water partition coefficient (Wildman–Crippen LogP) is 2.79. The van der Waals surface area contributed by atoms with Crippen LogP contribution < -0.4 is 5.73 Å². The Morgan fingerprint density at radius 3 is 2.84 bits per heavy atom. The molecule has 4 nitrogen and oxygen atoms in total. The minimum atomic E-state index is -0.0235. The second-order valence-electron chi connectivity index (χ2n) is 4.87. The molecule has 19 heavy (non-hydrogen) atoms. The highest BCUT2D eigenvalue weighted by Crippen LogP contribution is 2.19. The van der Waals surface area contributed by atoms with Crippen molar-refractivity contribution >= 4 is 22.5 Å². The third-order valence-corrected chi connectivity index (χ3v) is 3.09. The van der Waals surface area contributed by atoms with Gasteiger partial charge in [-0.05, 0) is 38.1 Å². The lowest BCUT2D eigenvalue weighted by Gasteiger charge is -2.24. The van der Waals surface area contributed by atoms with Crippen LogP contribution in [0.1, 0.15) is 24.3 Å². The zero-order valence-electron chi connectivity index (χ0n) is 11.3. The maximum atomic E-state index is 12.4. The number of hydrogen-bond donors (Lipinski definition) is 2. The molecule has 1 aromatic heterocycles. The van der Waals surface area contributed by atoms with Gasteiger partial charge in [0.05, 0.1) is 0 Å². The van der Waals surface area contributed by atoms with Crippen LogP contribution in [0.4, 0.5) is 5.69 Å². The summed E-state index contributed by atoms with van der Waals surface area (Å²) in [5, 5.41) is 0.950. The zero-order chi connectivity index (χ0) is 14.0. The molecule has 0 unspecified atom stereocenters. The van der Waals surface area contributed by atoms with Crippen LogP contribution in [0.2, 0.25) is 0 Å². The molecule has 0 spiro atoms. The van der Waals surface area contributed by atoms with E-state index < -0.39 is 0 Å². The van der Waals surface area contributed by atoms with E-state index in [0.29, 0.717) is 17.9 Å². The third-order valence-electron chi connectivity index (χ3n) is 3.09. The fourth-order valence-electron chi connectivity index (χ4n) is 2.09. The van der Waals surface area contributed by atoms with Crippen LogP contribution in [0.15, 0.2) is 36.9 Å². The van der Waals surface area contributed by atoms with Crippen LogP contribution in [0, 0.1) is 0 Å². The number of H-pyrrole nitrogens is 1. The van der Waals surface area contributed by atoms with E-state index in [1.165, 1.54) is 0 Å². The number of benzene rings is 1. The number of amides is 1. The van der Waals surface area contributed by atoms with Crippen molar-refractivity contribution in [3.8, 4) is 0 Å². The van der Waals surface area contributed by atoms with Crippen molar-refractivity contribution in [3.05, 3.63) is 42.6 Å². The molecule has 0 saturated heterocycles. The lowest BCUT2D eigenvalue weighted by Crippen LogP contribution is -2.37. The summed E-state index contributed by atoms with van der Waals surface area (Å²) in [5.41, 5.74) is 7.93. The van der Waals surface area contributed by atoms with Crippen LogP contribution in [-0.4, -0.2) is 28.4 Å². The summed E-state index contributed by atoms with van der Waals surface area (Å²) in [4.78, 5) is 17.3. The molecule has 0 atom stereocenters. The fraction of sp³-hybridized carbons (Fsp3) is 0.267.